The Labute approximate surface area is 115 Å². The molecule has 5 N–H and O–H groups in total. The van der Waals surface area contributed by atoms with E-state index in [4.69, 9.17) is 11.5 Å². The van der Waals surface area contributed by atoms with Crippen LogP contribution >= 0.6 is 11.3 Å². The average Bonchev–Trinajstić information content (AvgIpc) is 2.77. The van der Waals surface area contributed by atoms with E-state index in [2.05, 4.69) is 10.3 Å². The molecular weight excluding hydrogens is 260 g/mol. The third-order valence-corrected chi connectivity index (χ3v) is 3.49. The van der Waals surface area contributed by atoms with Gasteiger partial charge in [-0.3, -0.25) is 4.79 Å². The van der Waals surface area contributed by atoms with Crippen molar-refractivity contribution in [1.29, 1.82) is 0 Å². The fourth-order valence-electron chi connectivity index (χ4n) is 1.77. The van der Waals surface area contributed by atoms with Crippen LogP contribution in [0.3, 0.4) is 0 Å². The van der Waals surface area contributed by atoms with Crippen molar-refractivity contribution in [3.8, 4) is 0 Å². The molecule has 0 unspecified atom stereocenters. The molecule has 0 atom stereocenters. The molecule has 0 saturated heterocycles. The number of hydrogen-bond donors (Lipinski definition) is 3. The van der Waals surface area contributed by atoms with E-state index in [1.54, 1.807) is 29.5 Å². The molecule has 0 aliphatic carbocycles. The van der Waals surface area contributed by atoms with Crippen LogP contribution in [0.5, 0.6) is 0 Å². The predicted octanol–water partition coefficient (Wildman–Crippen LogP) is 1.79. The highest BCUT2D eigenvalue weighted by atomic mass is 32.1. The van der Waals surface area contributed by atoms with Crippen LogP contribution in [0.1, 0.15) is 21.1 Å². The zero-order valence-corrected chi connectivity index (χ0v) is 11.5. The van der Waals surface area contributed by atoms with Crippen LogP contribution in [0.15, 0.2) is 23.6 Å². The summed E-state index contributed by atoms with van der Waals surface area (Å²) in [5, 5.41) is 6.28. The molecule has 6 heteroatoms. The van der Waals surface area contributed by atoms with Gasteiger partial charge in [-0.2, -0.15) is 0 Å². The first-order valence-corrected chi connectivity index (χ1v) is 6.78. The molecule has 0 spiro atoms. The first-order chi connectivity index (χ1) is 9.06. The second kappa shape index (κ2) is 5.71. The maximum atomic E-state index is 11.3. The number of benzene rings is 1. The molecule has 0 fully saturated rings. The average molecular weight is 276 g/mol. The van der Waals surface area contributed by atoms with E-state index in [1.807, 2.05) is 12.3 Å². The fraction of sp³-hybridized carbons (Fsp3) is 0.231. The van der Waals surface area contributed by atoms with Gasteiger partial charge in [-0.25, -0.2) is 4.98 Å². The van der Waals surface area contributed by atoms with Gasteiger partial charge in [0.25, 0.3) is 5.91 Å². The van der Waals surface area contributed by atoms with Crippen LogP contribution in [0, 0.1) is 6.92 Å². The Hall–Kier alpha value is -2.08. The van der Waals surface area contributed by atoms with Gasteiger partial charge in [0.2, 0.25) is 0 Å². The Kier molecular flexibility index (Phi) is 4.01. The van der Waals surface area contributed by atoms with Crippen LogP contribution in [0.25, 0.3) is 0 Å². The number of rotatable bonds is 5. The largest absolute Gasteiger partial charge is 0.399 e. The summed E-state index contributed by atoms with van der Waals surface area (Å²) in [5.41, 5.74) is 13.7. The van der Waals surface area contributed by atoms with Crippen LogP contribution < -0.4 is 16.8 Å². The van der Waals surface area contributed by atoms with Crippen LogP contribution in [0.4, 0.5) is 11.4 Å². The van der Waals surface area contributed by atoms with E-state index >= 15 is 0 Å². The van der Waals surface area contributed by atoms with Crippen molar-refractivity contribution < 1.29 is 4.79 Å². The van der Waals surface area contributed by atoms with E-state index in [-0.39, 0.29) is 0 Å². The van der Waals surface area contributed by atoms with Crippen molar-refractivity contribution >= 4 is 28.6 Å². The lowest BCUT2D eigenvalue weighted by molar-refractivity contribution is 0.100. The molecule has 0 radical (unpaired) electrons. The van der Waals surface area contributed by atoms with Crippen molar-refractivity contribution in [1.82, 2.24) is 4.98 Å². The number of thiazole rings is 1. The number of nitrogen functional groups attached to an aromatic ring is 1. The third kappa shape index (κ3) is 3.45. The van der Waals surface area contributed by atoms with Gasteiger partial charge in [0.05, 0.1) is 16.3 Å². The van der Waals surface area contributed by atoms with Crippen LogP contribution in [0.2, 0.25) is 0 Å². The predicted molar refractivity (Wildman–Crippen MR) is 78.4 cm³/mol. The summed E-state index contributed by atoms with van der Waals surface area (Å²) >= 11 is 1.63. The van der Waals surface area contributed by atoms with Crippen LogP contribution in [-0.4, -0.2) is 17.4 Å². The fourth-order valence-corrected chi connectivity index (χ4v) is 2.42. The highest BCUT2D eigenvalue weighted by Crippen LogP contribution is 2.18. The molecule has 5 nitrogen and oxygen atoms in total. The van der Waals surface area contributed by atoms with Gasteiger partial charge < -0.3 is 16.8 Å². The Morgan fingerprint density at radius 2 is 2.26 bits per heavy atom. The van der Waals surface area contributed by atoms with Gasteiger partial charge in [-0.1, -0.05) is 0 Å². The second-order valence-corrected chi connectivity index (χ2v) is 5.27. The number of carbonyl (C=O) groups is 1. The van der Waals surface area contributed by atoms with Gasteiger partial charge >= 0.3 is 0 Å². The van der Waals surface area contributed by atoms with E-state index in [0.717, 1.165) is 17.1 Å². The van der Waals surface area contributed by atoms with Gasteiger partial charge in [0.15, 0.2) is 0 Å². The van der Waals surface area contributed by atoms with Gasteiger partial charge in [-0.05, 0) is 25.1 Å². The minimum Gasteiger partial charge on any atom is -0.399 e. The number of amides is 1. The molecule has 0 aliphatic rings. The first-order valence-electron chi connectivity index (χ1n) is 5.90. The van der Waals surface area contributed by atoms with Crippen molar-refractivity contribution in [2.24, 2.45) is 5.73 Å². The lowest BCUT2D eigenvalue weighted by Gasteiger charge is -2.10. The zero-order valence-electron chi connectivity index (χ0n) is 10.6. The number of carbonyl (C=O) groups excluding carboxylic acids is 1. The number of nitrogens with one attached hydrogen (secondary N) is 1. The topological polar surface area (TPSA) is 94.0 Å². The van der Waals surface area contributed by atoms with Crippen molar-refractivity contribution in [3.05, 3.63) is 39.8 Å². The number of nitrogens with two attached hydrogens (primary N) is 2. The number of nitrogens with zero attached hydrogens (tertiary/aromatic N) is 1. The number of hydrogen-bond acceptors (Lipinski definition) is 5. The number of aryl methyl sites for hydroxylation is 1. The summed E-state index contributed by atoms with van der Waals surface area (Å²) in [4.78, 5) is 15.7. The summed E-state index contributed by atoms with van der Waals surface area (Å²) in [5.74, 6) is -0.487. The van der Waals surface area contributed by atoms with Gasteiger partial charge in [-0.15, -0.1) is 11.3 Å². The molecule has 1 aromatic carbocycles. The van der Waals surface area contributed by atoms with E-state index in [9.17, 15) is 4.79 Å². The highest BCUT2D eigenvalue weighted by molar-refractivity contribution is 7.09. The van der Waals surface area contributed by atoms with E-state index < -0.39 is 5.91 Å². The standard InChI is InChI=1S/C13H16N4OS/c1-8-17-10(7-19-8)4-5-16-12-3-2-9(14)6-11(12)13(15)18/h2-3,6-7,16H,4-5,14H2,1H3,(H2,15,18). The van der Waals surface area contributed by atoms with Crippen molar-refractivity contribution in [2.75, 3.05) is 17.6 Å². The smallest absolute Gasteiger partial charge is 0.250 e. The molecule has 1 aromatic heterocycles. The maximum absolute atomic E-state index is 11.3. The highest BCUT2D eigenvalue weighted by Gasteiger charge is 2.08. The van der Waals surface area contributed by atoms with Crippen molar-refractivity contribution in [2.45, 2.75) is 13.3 Å². The van der Waals surface area contributed by atoms with E-state index in [1.165, 1.54) is 0 Å². The summed E-state index contributed by atoms with van der Waals surface area (Å²) in [6.45, 7) is 2.67. The Bertz CT molecular complexity index is 594. The Morgan fingerprint density at radius 1 is 1.47 bits per heavy atom. The summed E-state index contributed by atoms with van der Waals surface area (Å²) in [6, 6.07) is 5.08. The SMILES string of the molecule is Cc1nc(CCNc2ccc(N)cc2C(N)=O)cs1. The van der Waals surface area contributed by atoms with Crippen molar-refractivity contribution in [3.63, 3.8) is 0 Å². The molecular formula is C13H16N4OS. The second-order valence-electron chi connectivity index (χ2n) is 4.20. The van der Waals surface area contributed by atoms with Gasteiger partial charge in [0.1, 0.15) is 0 Å². The minimum absolute atomic E-state index is 0.412. The monoisotopic (exact) mass is 276 g/mol. The van der Waals surface area contributed by atoms with E-state index in [0.29, 0.717) is 23.5 Å². The number of anilines is 2. The van der Waals surface area contributed by atoms with Crippen LogP contribution in [-0.2, 0) is 6.42 Å². The van der Waals surface area contributed by atoms with Gasteiger partial charge in [0, 0.05) is 29.7 Å². The first kappa shape index (κ1) is 13.4. The normalized spacial score (nSPS) is 10.4. The quantitative estimate of drug-likeness (QED) is 0.726. The molecule has 2 rings (SSSR count). The molecule has 100 valence electrons. The summed E-state index contributed by atoms with van der Waals surface area (Å²) in [7, 11) is 0. The summed E-state index contributed by atoms with van der Waals surface area (Å²) in [6.07, 6.45) is 0.799. The molecule has 2 aromatic rings. The molecule has 19 heavy (non-hydrogen) atoms. The molecule has 0 saturated carbocycles. The maximum Gasteiger partial charge on any atom is 0.250 e. The Morgan fingerprint density at radius 3 is 2.89 bits per heavy atom. The number of primary amides is 1. The third-order valence-electron chi connectivity index (χ3n) is 2.67. The zero-order chi connectivity index (χ0) is 13.8. The molecule has 0 bridgehead atoms. The summed E-state index contributed by atoms with van der Waals surface area (Å²) < 4.78 is 0. The number of aromatic nitrogens is 1. The lowest BCUT2D eigenvalue weighted by atomic mass is 10.1. The lowest BCUT2D eigenvalue weighted by Crippen LogP contribution is -2.16. The molecule has 0 aliphatic heterocycles. The Balaban J connectivity index is 2.01. The molecule has 1 heterocycles. The minimum atomic E-state index is -0.487. The molecule has 1 amide bonds.